The number of likely N-dealkylation sites (tertiary alicyclic amines) is 1. The van der Waals surface area contributed by atoms with Gasteiger partial charge in [0.15, 0.2) is 0 Å². The molecule has 1 aliphatic rings. The SMILES string of the molecule is CCC(=CC(=O)NCCCN1CCC(O)CC1)c1ccc(C)cc1. The minimum atomic E-state index is -0.125. The zero-order chi connectivity index (χ0) is 17.4. The van der Waals surface area contributed by atoms with Gasteiger partial charge in [-0.05, 0) is 50.3 Å². The molecule has 1 aromatic carbocycles. The molecule has 2 N–H and O–H groups in total. The minimum absolute atomic E-state index is 0.0125. The highest BCUT2D eigenvalue weighted by atomic mass is 16.3. The molecule has 1 heterocycles. The summed E-state index contributed by atoms with van der Waals surface area (Å²) >= 11 is 0. The van der Waals surface area contributed by atoms with Crippen LogP contribution in [0, 0.1) is 6.92 Å². The first-order chi connectivity index (χ1) is 11.6. The number of aliphatic hydroxyl groups is 1. The third kappa shape index (κ3) is 6.10. The fourth-order valence-electron chi connectivity index (χ4n) is 3.02. The van der Waals surface area contributed by atoms with E-state index in [1.54, 1.807) is 6.08 Å². The van der Waals surface area contributed by atoms with Crippen LogP contribution in [-0.2, 0) is 4.79 Å². The Balaban J connectivity index is 1.74. The predicted octanol–water partition coefficient (Wildman–Crippen LogP) is 2.75. The quantitative estimate of drug-likeness (QED) is 0.597. The molecule has 1 saturated heterocycles. The molecular formula is C20H30N2O2. The Kier molecular flexibility index (Phi) is 7.47. The Morgan fingerprint density at radius 1 is 1.29 bits per heavy atom. The molecule has 1 aromatic rings. The Morgan fingerprint density at radius 2 is 1.96 bits per heavy atom. The second-order valence-corrected chi connectivity index (χ2v) is 6.61. The van der Waals surface area contributed by atoms with Crippen molar-refractivity contribution in [3.8, 4) is 0 Å². The van der Waals surface area contributed by atoms with E-state index in [0.29, 0.717) is 6.54 Å². The Bertz CT molecular complexity index is 543. The average Bonchev–Trinajstić information content (AvgIpc) is 2.59. The summed E-state index contributed by atoms with van der Waals surface area (Å²) in [6.07, 6.45) is 5.12. The number of aryl methyl sites for hydroxylation is 1. The van der Waals surface area contributed by atoms with Crippen molar-refractivity contribution >= 4 is 11.5 Å². The van der Waals surface area contributed by atoms with Gasteiger partial charge in [-0.15, -0.1) is 0 Å². The molecule has 24 heavy (non-hydrogen) atoms. The molecule has 0 unspecified atom stereocenters. The van der Waals surface area contributed by atoms with E-state index in [2.05, 4.69) is 48.3 Å². The van der Waals surface area contributed by atoms with Crippen LogP contribution in [0.25, 0.3) is 5.57 Å². The van der Waals surface area contributed by atoms with E-state index >= 15 is 0 Å². The number of rotatable bonds is 7. The number of nitrogens with one attached hydrogen (secondary N) is 1. The zero-order valence-corrected chi connectivity index (χ0v) is 14.9. The average molecular weight is 330 g/mol. The van der Waals surface area contributed by atoms with Gasteiger partial charge < -0.3 is 15.3 Å². The normalized spacial score (nSPS) is 17.0. The highest BCUT2D eigenvalue weighted by Gasteiger charge is 2.16. The fourth-order valence-corrected chi connectivity index (χ4v) is 3.02. The van der Waals surface area contributed by atoms with Gasteiger partial charge in [0.25, 0.3) is 0 Å². The van der Waals surface area contributed by atoms with Crippen molar-refractivity contribution in [2.75, 3.05) is 26.2 Å². The van der Waals surface area contributed by atoms with Crippen LogP contribution < -0.4 is 5.32 Å². The minimum Gasteiger partial charge on any atom is -0.393 e. The number of hydrogen-bond acceptors (Lipinski definition) is 3. The third-order valence-corrected chi connectivity index (χ3v) is 4.62. The first-order valence-corrected chi connectivity index (χ1v) is 9.04. The van der Waals surface area contributed by atoms with Gasteiger partial charge in [0.05, 0.1) is 6.10 Å². The van der Waals surface area contributed by atoms with Crippen LogP contribution in [-0.4, -0.2) is 48.2 Å². The van der Waals surface area contributed by atoms with Crippen LogP contribution >= 0.6 is 0 Å². The van der Waals surface area contributed by atoms with Gasteiger partial charge in [-0.1, -0.05) is 36.8 Å². The number of carbonyl (C=O) groups excluding carboxylic acids is 1. The number of allylic oxidation sites excluding steroid dienone is 1. The molecule has 1 amide bonds. The number of amides is 1. The van der Waals surface area contributed by atoms with E-state index in [9.17, 15) is 9.90 Å². The number of benzene rings is 1. The monoisotopic (exact) mass is 330 g/mol. The van der Waals surface area contributed by atoms with E-state index < -0.39 is 0 Å². The highest BCUT2D eigenvalue weighted by molar-refractivity contribution is 5.95. The summed E-state index contributed by atoms with van der Waals surface area (Å²) in [6, 6.07) is 8.30. The molecule has 4 nitrogen and oxygen atoms in total. The molecule has 132 valence electrons. The summed E-state index contributed by atoms with van der Waals surface area (Å²) in [4.78, 5) is 14.5. The summed E-state index contributed by atoms with van der Waals surface area (Å²) in [5.74, 6) is -0.0125. The maximum Gasteiger partial charge on any atom is 0.244 e. The molecular weight excluding hydrogens is 300 g/mol. The van der Waals surface area contributed by atoms with Crippen molar-refractivity contribution in [2.45, 2.75) is 45.6 Å². The van der Waals surface area contributed by atoms with Crippen molar-refractivity contribution < 1.29 is 9.90 Å². The Labute approximate surface area is 145 Å². The number of piperidine rings is 1. The van der Waals surface area contributed by atoms with Crippen LogP contribution in [0.15, 0.2) is 30.3 Å². The zero-order valence-electron chi connectivity index (χ0n) is 14.9. The van der Waals surface area contributed by atoms with Crippen LogP contribution in [0.4, 0.5) is 0 Å². The lowest BCUT2D eigenvalue weighted by Crippen LogP contribution is -2.37. The molecule has 0 radical (unpaired) electrons. The topological polar surface area (TPSA) is 52.6 Å². The molecule has 0 saturated carbocycles. The molecule has 0 bridgehead atoms. The highest BCUT2D eigenvalue weighted by Crippen LogP contribution is 2.18. The fraction of sp³-hybridized carbons (Fsp3) is 0.550. The van der Waals surface area contributed by atoms with Gasteiger partial charge in [-0.25, -0.2) is 0 Å². The Morgan fingerprint density at radius 3 is 2.58 bits per heavy atom. The van der Waals surface area contributed by atoms with E-state index in [-0.39, 0.29) is 12.0 Å². The number of hydrogen-bond donors (Lipinski definition) is 2. The molecule has 1 fully saturated rings. The lowest BCUT2D eigenvalue weighted by Gasteiger charge is -2.29. The molecule has 1 aliphatic heterocycles. The van der Waals surface area contributed by atoms with E-state index in [1.807, 2.05) is 0 Å². The largest absolute Gasteiger partial charge is 0.393 e. The number of carbonyl (C=O) groups is 1. The van der Waals surface area contributed by atoms with Crippen molar-refractivity contribution in [2.24, 2.45) is 0 Å². The van der Waals surface area contributed by atoms with Gasteiger partial charge in [-0.2, -0.15) is 0 Å². The lowest BCUT2D eigenvalue weighted by molar-refractivity contribution is -0.116. The van der Waals surface area contributed by atoms with Gasteiger partial charge in [0.1, 0.15) is 0 Å². The summed E-state index contributed by atoms with van der Waals surface area (Å²) in [5, 5.41) is 12.5. The molecule has 4 heteroatoms. The first-order valence-electron chi connectivity index (χ1n) is 9.04. The predicted molar refractivity (Wildman–Crippen MR) is 98.8 cm³/mol. The molecule has 0 aliphatic carbocycles. The standard InChI is InChI=1S/C20H30N2O2/c1-3-17(18-7-5-16(2)6-8-18)15-20(24)21-11-4-12-22-13-9-19(23)10-14-22/h5-8,15,19,23H,3-4,9-14H2,1-2H3,(H,21,24). The maximum atomic E-state index is 12.1. The second kappa shape index (κ2) is 9.60. The van der Waals surface area contributed by atoms with Gasteiger partial charge in [-0.3, -0.25) is 4.79 Å². The third-order valence-electron chi connectivity index (χ3n) is 4.62. The van der Waals surface area contributed by atoms with Gasteiger partial charge >= 0.3 is 0 Å². The van der Waals surface area contributed by atoms with Gasteiger partial charge in [0, 0.05) is 25.7 Å². The molecule has 0 spiro atoms. The van der Waals surface area contributed by atoms with E-state index in [0.717, 1.165) is 56.5 Å². The smallest absolute Gasteiger partial charge is 0.244 e. The maximum absolute atomic E-state index is 12.1. The summed E-state index contributed by atoms with van der Waals surface area (Å²) in [6.45, 7) is 7.73. The van der Waals surface area contributed by atoms with E-state index in [1.165, 1.54) is 5.56 Å². The van der Waals surface area contributed by atoms with E-state index in [4.69, 9.17) is 0 Å². The summed E-state index contributed by atoms with van der Waals surface area (Å²) in [5.41, 5.74) is 3.41. The van der Waals surface area contributed by atoms with Crippen molar-refractivity contribution in [1.82, 2.24) is 10.2 Å². The van der Waals surface area contributed by atoms with Gasteiger partial charge in [0.2, 0.25) is 5.91 Å². The number of aliphatic hydroxyl groups excluding tert-OH is 1. The summed E-state index contributed by atoms with van der Waals surface area (Å²) < 4.78 is 0. The van der Waals surface area contributed by atoms with Crippen LogP contribution in [0.5, 0.6) is 0 Å². The van der Waals surface area contributed by atoms with Crippen LogP contribution in [0.1, 0.15) is 43.7 Å². The Hall–Kier alpha value is -1.65. The van der Waals surface area contributed by atoms with Crippen molar-refractivity contribution in [1.29, 1.82) is 0 Å². The lowest BCUT2D eigenvalue weighted by atomic mass is 10.0. The van der Waals surface area contributed by atoms with Crippen molar-refractivity contribution in [3.63, 3.8) is 0 Å². The second-order valence-electron chi connectivity index (χ2n) is 6.61. The first kappa shape index (κ1) is 18.7. The molecule has 0 atom stereocenters. The molecule has 2 rings (SSSR count). The van der Waals surface area contributed by atoms with Crippen LogP contribution in [0.2, 0.25) is 0 Å². The number of nitrogens with zero attached hydrogens (tertiary/aromatic N) is 1. The van der Waals surface area contributed by atoms with Crippen molar-refractivity contribution in [3.05, 3.63) is 41.5 Å². The molecule has 0 aromatic heterocycles. The summed E-state index contributed by atoms with van der Waals surface area (Å²) in [7, 11) is 0. The van der Waals surface area contributed by atoms with Crippen LogP contribution in [0.3, 0.4) is 0 Å².